The highest BCUT2D eigenvalue weighted by Gasteiger charge is 1.93. The van der Waals surface area contributed by atoms with E-state index in [1.54, 1.807) is 12.1 Å². The molecule has 21 heavy (non-hydrogen) atoms. The maximum atomic E-state index is 9.19. The first-order valence-electron chi connectivity index (χ1n) is 5.21. The van der Waals surface area contributed by atoms with Crippen LogP contribution < -0.4 is 0 Å². The third-order valence-electron chi connectivity index (χ3n) is 1.55. The van der Waals surface area contributed by atoms with Crippen molar-refractivity contribution in [1.29, 1.82) is 0 Å². The summed E-state index contributed by atoms with van der Waals surface area (Å²) in [5.41, 5.74) is 0.928. The third kappa shape index (κ3) is 23.4. The van der Waals surface area contributed by atoms with E-state index in [2.05, 4.69) is 24.5 Å². The summed E-state index contributed by atoms with van der Waals surface area (Å²) in [6, 6.07) is 7.27. The van der Waals surface area contributed by atoms with E-state index in [-0.39, 0.29) is 5.48 Å². The molecule has 0 radical (unpaired) electrons. The van der Waals surface area contributed by atoms with E-state index in [0.717, 1.165) is 12.0 Å². The Hall–Kier alpha value is -2.13. The molecule has 8 heteroatoms. The summed E-state index contributed by atoms with van der Waals surface area (Å²) in [6.45, 7) is 10.1. The molecular weight excluding hydrogens is 300 g/mol. The first-order valence-corrected chi connectivity index (χ1v) is 6.60. The van der Waals surface area contributed by atoms with Crippen molar-refractivity contribution in [2.45, 2.75) is 6.42 Å². The van der Waals surface area contributed by atoms with Crippen molar-refractivity contribution in [3.63, 3.8) is 0 Å². The monoisotopic (exact) mass is 320 g/mol. The Labute approximate surface area is 124 Å². The van der Waals surface area contributed by atoms with Gasteiger partial charge in [0, 0.05) is 0 Å². The van der Waals surface area contributed by atoms with Crippen molar-refractivity contribution >= 4 is 10.4 Å². The van der Waals surface area contributed by atoms with E-state index in [0.29, 0.717) is 5.75 Å². The molecule has 0 saturated carbocycles. The van der Waals surface area contributed by atoms with Gasteiger partial charge in [0.2, 0.25) is 0 Å². The zero-order valence-electron chi connectivity index (χ0n) is 11.3. The summed E-state index contributed by atoms with van der Waals surface area (Å²) in [7, 11) is -4.67. The molecule has 0 amide bonds. The van der Waals surface area contributed by atoms with Gasteiger partial charge in [-0.1, -0.05) is 37.4 Å². The van der Waals surface area contributed by atoms with Gasteiger partial charge in [0.1, 0.15) is 5.75 Å². The average molecular weight is 320 g/mol. The quantitative estimate of drug-likeness (QED) is 0.440. The Morgan fingerprint density at radius 2 is 1.52 bits per heavy atom. The van der Waals surface area contributed by atoms with Gasteiger partial charge < -0.3 is 15.3 Å². The SMILES string of the molecule is C=CCc1ccccc1O.C=COC=C.O.O=S(=O)(O)O. The Morgan fingerprint density at radius 1 is 1.10 bits per heavy atom. The number of allylic oxidation sites excluding steroid dienone is 1. The van der Waals surface area contributed by atoms with Crippen LogP contribution in [0, 0.1) is 0 Å². The molecule has 0 bridgehead atoms. The van der Waals surface area contributed by atoms with Crippen molar-refractivity contribution in [2.75, 3.05) is 0 Å². The van der Waals surface area contributed by atoms with Gasteiger partial charge in [0.25, 0.3) is 0 Å². The van der Waals surface area contributed by atoms with Gasteiger partial charge in [-0.05, 0) is 18.1 Å². The van der Waals surface area contributed by atoms with Crippen LogP contribution in [0.3, 0.4) is 0 Å². The number of ether oxygens (including phenoxy) is 1. The molecule has 0 aliphatic rings. The number of benzene rings is 1. The fourth-order valence-electron chi connectivity index (χ4n) is 0.907. The Bertz CT molecular complexity index is 495. The smallest absolute Gasteiger partial charge is 0.394 e. The number of hydrogen-bond donors (Lipinski definition) is 3. The molecule has 120 valence electrons. The molecule has 1 aromatic rings. The molecule has 7 nitrogen and oxygen atoms in total. The highest BCUT2D eigenvalue weighted by Crippen LogP contribution is 2.15. The molecule has 0 fully saturated rings. The fourth-order valence-corrected chi connectivity index (χ4v) is 0.907. The first-order chi connectivity index (χ1) is 9.26. The highest BCUT2D eigenvalue weighted by atomic mass is 32.3. The fraction of sp³-hybridized carbons (Fsp3) is 0.0769. The second-order valence-corrected chi connectivity index (χ2v) is 3.93. The third-order valence-corrected chi connectivity index (χ3v) is 1.55. The predicted molar refractivity (Wildman–Crippen MR) is 81.3 cm³/mol. The first kappa shape index (κ1) is 23.9. The summed E-state index contributed by atoms with van der Waals surface area (Å²) in [4.78, 5) is 0. The van der Waals surface area contributed by atoms with Crippen LogP contribution in [0.5, 0.6) is 5.75 Å². The number of aromatic hydroxyl groups is 1. The number of para-hydroxylation sites is 1. The number of hydrogen-bond acceptors (Lipinski definition) is 4. The largest absolute Gasteiger partial charge is 0.508 e. The van der Waals surface area contributed by atoms with Gasteiger partial charge in [-0.3, -0.25) is 9.11 Å². The van der Waals surface area contributed by atoms with Crippen LogP contribution in [0.1, 0.15) is 5.56 Å². The van der Waals surface area contributed by atoms with Crippen molar-refractivity contribution in [2.24, 2.45) is 0 Å². The van der Waals surface area contributed by atoms with Gasteiger partial charge in [-0.25, -0.2) is 0 Å². The Morgan fingerprint density at radius 3 is 1.81 bits per heavy atom. The lowest BCUT2D eigenvalue weighted by molar-refractivity contribution is 0.381. The van der Waals surface area contributed by atoms with Crippen molar-refractivity contribution in [3.05, 3.63) is 68.2 Å². The molecule has 0 aliphatic heterocycles. The standard InChI is InChI=1S/C9H10O.C4H6O.H2O4S.H2O/c1-2-5-8-6-3-4-7-9(8)10;1-3-5-4-2;1-5(2,3)4;/h2-4,6-7,10H,1,5H2;3-4H,1-2H2;(H2,1,2,3,4);1H2. The maximum Gasteiger partial charge on any atom is 0.394 e. The van der Waals surface area contributed by atoms with E-state index in [1.165, 1.54) is 12.5 Å². The lowest BCUT2D eigenvalue weighted by Gasteiger charge is -1.97. The zero-order valence-corrected chi connectivity index (χ0v) is 12.2. The van der Waals surface area contributed by atoms with E-state index >= 15 is 0 Å². The van der Waals surface area contributed by atoms with Crippen LogP contribution in [0.15, 0.2) is 62.6 Å². The van der Waals surface area contributed by atoms with Crippen LogP contribution in [0.2, 0.25) is 0 Å². The second-order valence-electron chi connectivity index (χ2n) is 3.04. The lowest BCUT2D eigenvalue weighted by Crippen LogP contribution is -1.89. The predicted octanol–water partition coefficient (Wildman–Crippen LogP) is 1.93. The van der Waals surface area contributed by atoms with Crippen LogP contribution >= 0.6 is 0 Å². The summed E-state index contributed by atoms with van der Waals surface area (Å²) in [6.07, 6.45) is 5.13. The van der Waals surface area contributed by atoms with Gasteiger partial charge in [0.15, 0.2) is 0 Å². The number of phenols is 1. The normalized spacial score (nSPS) is 8.48. The minimum absolute atomic E-state index is 0. The van der Waals surface area contributed by atoms with Crippen molar-refractivity contribution in [3.8, 4) is 5.75 Å². The zero-order chi connectivity index (χ0) is 16.0. The molecule has 1 aromatic carbocycles. The summed E-state index contributed by atoms with van der Waals surface area (Å²) >= 11 is 0. The Kier molecular flexibility index (Phi) is 16.3. The van der Waals surface area contributed by atoms with E-state index in [4.69, 9.17) is 17.5 Å². The topological polar surface area (TPSA) is 136 Å². The van der Waals surface area contributed by atoms with E-state index in [1.807, 2.05) is 18.2 Å². The van der Waals surface area contributed by atoms with E-state index < -0.39 is 10.4 Å². The molecule has 0 unspecified atom stereocenters. The molecular formula is C13H20O7S. The summed E-state index contributed by atoms with van der Waals surface area (Å²) in [5.74, 6) is 0.349. The molecule has 0 atom stereocenters. The highest BCUT2D eigenvalue weighted by molar-refractivity contribution is 7.79. The lowest BCUT2D eigenvalue weighted by atomic mass is 10.1. The average Bonchev–Trinajstić information content (AvgIpc) is 2.32. The van der Waals surface area contributed by atoms with Crippen molar-refractivity contribution < 1.29 is 32.8 Å². The maximum absolute atomic E-state index is 9.19. The molecule has 0 aromatic heterocycles. The van der Waals surface area contributed by atoms with Crippen LogP contribution in [0.25, 0.3) is 0 Å². The van der Waals surface area contributed by atoms with E-state index in [9.17, 15) is 5.11 Å². The molecule has 0 heterocycles. The number of rotatable bonds is 4. The molecule has 1 rings (SSSR count). The van der Waals surface area contributed by atoms with Crippen molar-refractivity contribution in [1.82, 2.24) is 0 Å². The minimum Gasteiger partial charge on any atom is -0.508 e. The van der Waals surface area contributed by atoms with Gasteiger partial charge in [0.05, 0.1) is 12.5 Å². The number of phenolic OH excluding ortho intramolecular Hbond substituents is 1. The van der Waals surface area contributed by atoms with Crippen LogP contribution in [-0.2, 0) is 21.6 Å². The minimum atomic E-state index is -4.67. The summed E-state index contributed by atoms with van der Waals surface area (Å²) in [5, 5.41) is 9.19. The molecule has 0 spiro atoms. The van der Waals surface area contributed by atoms with Crippen LogP contribution in [0.4, 0.5) is 0 Å². The van der Waals surface area contributed by atoms with Gasteiger partial charge >= 0.3 is 10.4 Å². The summed E-state index contributed by atoms with van der Waals surface area (Å²) < 4.78 is 35.9. The van der Waals surface area contributed by atoms with Gasteiger partial charge in [-0.2, -0.15) is 8.42 Å². The van der Waals surface area contributed by atoms with Gasteiger partial charge in [-0.15, -0.1) is 6.58 Å². The molecule has 5 N–H and O–H groups in total. The Balaban J connectivity index is -0.000000254. The molecule has 0 saturated heterocycles. The van der Waals surface area contributed by atoms with Crippen LogP contribution in [-0.4, -0.2) is 28.1 Å². The second kappa shape index (κ2) is 14.3. The molecule has 0 aliphatic carbocycles.